The van der Waals surface area contributed by atoms with Crippen LogP contribution < -0.4 is 10.1 Å². The summed E-state index contributed by atoms with van der Waals surface area (Å²) in [5.74, 6) is 0.885. The number of aryl methyl sites for hydroxylation is 1. The molecule has 1 unspecified atom stereocenters. The van der Waals surface area contributed by atoms with Crippen molar-refractivity contribution in [3.63, 3.8) is 0 Å². The molecule has 1 rings (SSSR count). The number of hydrogen-bond donors (Lipinski definition) is 2. The Labute approximate surface area is 97.4 Å². The first-order valence-electron chi connectivity index (χ1n) is 5.80. The summed E-state index contributed by atoms with van der Waals surface area (Å²) in [6.07, 6.45) is 1.76. The van der Waals surface area contributed by atoms with Gasteiger partial charge in [-0.15, -0.1) is 0 Å². The van der Waals surface area contributed by atoms with Crippen molar-refractivity contribution in [1.82, 2.24) is 5.32 Å². The van der Waals surface area contributed by atoms with E-state index in [0.717, 1.165) is 12.2 Å². The van der Waals surface area contributed by atoms with E-state index in [9.17, 15) is 0 Å². The molecule has 0 aliphatic rings. The standard InChI is InChI=1S/C13H21NO2/c1-3-11-4-6-13(7-5-11)16-10-12(14-2)8-9-15/h4-7,12,14-15H,3,8-10H2,1-2H3. The number of ether oxygens (including phenoxy) is 1. The Balaban J connectivity index is 2.40. The van der Waals surface area contributed by atoms with Gasteiger partial charge in [0.25, 0.3) is 0 Å². The molecule has 1 atom stereocenters. The van der Waals surface area contributed by atoms with Crippen LogP contribution in [0.4, 0.5) is 0 Å². The van der Waals surface area contributed by atoms with Gasteiger partial charge in [-0.1, -0.05) is 19.1 Å². The number of rotatable bonds is 7. The van der Waals surface area contributed by atoms with Crippen LogP contribution in [0.1, 0.15) is 18.9 Å². The topological polar surface area (TPSA) is 41.5 Å². The van der Waals surface area contributed by atoms with E-state index in [4.69, 9.17) is 9.84 Å². The average Bonchev–Trinajstić information content (AvgIpc) is 2.35. The third kappa shape index (κ3) is 4.21. The number of likely N-dealkylation sites (N-methyl/N-ethyl adjacent to an activating group) is 1. The second-order valence-corrected chi connectivity index (χ2v) is 3.81. The molecule has 3 heteroatoms. The predicted octanol–water partition coefficient (Wildman–Crippen LogP) is 1.60. The van der Waals surface area contributed by atoms with E-state index in [1.807, 2.05) is 19.2 Å². The minimum Gasteiger partial charge on any atom is -0.492 e. The van der Waals surface area contributed by atoms with Crippen molar-refractivity contribution in [2.75, 3.05) is 20.3 Å². The SMILES string of the molecule is CCc1ccc(OCC(CCO)NC)cc1. The Kier molecular flexibility index (Phi) is 5.90. The van der Waals surface area contributed by atoms with Gasteiger partial charge in [0.1, 0.15) is 12.4 Å². The third-order valence-corrected chi connectivity index (χ3v) is 2.67. The zero-order chi connectivity index (χ0) is 11.8. The van der Waals surface area contributed by atoms with Crippen molar-refractivity contribution in [3.8, 4) is 5.75 Å². The van der Waals surface area contributed by atoms with Crippen LogP contribution in [0.25, 0.3) is 0 Å². The van der Waals surface area contributed by atoms with Crippen LogP contribution in [0.5, 0.6) is 5.75 Å². The Morgan fingerprint density at radius 2 is 2.00 bits per heavy atom. The van der Waals surface area contributed by atoms with E-state index in [0.29, 0.717) is 13.0 Å². The lowest BCUT2D eigenvalue weighted by Crippen LogP contribution is -2.32. The quantitative estimate of drug-likeness (QED) is 0.737. The van der Waals surface area contributed by atoms with E-state index in [2.05, 4.69) is 24.4 Å². The van der Waals surface area contributed by atoms with Gasteiger partial charge in [0, 0.05) is 12.6 Å². The summed E-state index contributed by atoms with van der Waals surface area (Å²) in [7, 11) is 1.88. The highest BCUT2D eigenvalue weighted by Crippen LogP contribution is 2.12. The molecule has 0 radical (unpaired) electrons. The minimum absolute atomic E-state index is 0.184. The Hall–Kier alpha value is -1.06. The molecule has 0 aromatic heterocycles. The van der Waals surface area contributed by atoms with Gasteiger partial charge in [0.2, 0.25) is 0 Å². The fraction of sp³-hybridized carbons (Fsp3) is 0.538. The van der Waals surface area contributed by atoms with Crippen LogP contribution in [0, 0.1) is 0 Å². The summed E-state index contributed by atoms with van der Waals surface area (Å²) in [6, 6.07) is 8.34. The third-order valence-electron chi connectivity index (χ3n) is 2.67. The van der Waals surface area contributed by atoms with Crippen LogP contribution >= 0.6 is 0 Å². The van der Waals surface area contributed by atoms with Crippen molar-refractivity contribution in [1.29, 1.82) is 0 Å². The van der Waals surface area contributed by atoms with Crippen LogP contribution in [0.3, 0.4) is 0 Å². The van der Waals surface area contributed by atoms with Gasteiger partial charge in [-0.25, -0.2) is 0 Å². The molecule has 0 bridgehead atoms. The molecule has 1 aromatic rings. The monoisotopic (exact) mass is 223 g/mol. The molecule has 3 nitrogen and oxygen atoms in total. The molecule has 0 aliphatic heterocycles. The first kappa shape index (κ1) is 13.0. The average molecular weight is 223 g/mol. The Bertz CT molecular complexity index is 284. The van der Waals surface area contributed by atoms with Crippen molar-refractivity contribution in [2.45, 2.75) is 25.8 Å². The maximum Gasteiger partial charge on any atom is 0.119 e. The van der Waals surface area contributed by atoms with E-state index >= 15 is 0 Å². The number of hydrogen-bond acceptors (Lipinski definition) is 3. The summed E-state index contributed by atoms with van der Waals surface area (Å²) in [5.41, 5.74) is 1.31. The van der Waals surface area contributed by atoms with Crippen LogP contribution in [-0.4, -0.2) is 31.4 Å². The molecule has 0 spiro atoms. The molecule has 0 fully saturated rings. The number of aliphatic hydroxyl groups is 1. The van der Waals surface area contributed by atoms with E-state index < -0.39 is 0 Å². The van der Waals surface area contributed by atoms with Gasteiger partial charge in [-0.3, -0.25) is 0 Å². The molecule has 2 N–H and O–H groups in total. The van der Waals surface area contributed by atoms with Gasteiger partial charge < -0.3 is 15.2 Å². The Morgan fingerprint density at radius 3 is 2.50 bits per heavy atom. The van der Waals surface area contributed by atoms with Crippen molar-refractivity contribution < 1.29 is 9.84 Å². The maximum absolute atomic E-state index is 8.84. The molecule has 0 saturated carbocycles. The zero-order valence-electron chi connectivity index (χ0n) is 10.1. The minimum atomic E-state index is 0.184. The van der Waals surface area contributed by atoms with Gasteiger partial charge in [-0.05, 0) is 37.6 Å². The van der Waals surface area contributed by atoms with Crippen LogP contribution in [0.15, 0.2) is 24.3 Å². The summed E-state index contributed by atoms with van der Waals surface area (Å²) < 4.78 is 5.64. The lowest BCUT2D eigenvalue weighted by atomic mass is 10.2. The molecule has 0 saturated heterocycles. The van der Waals surface area contributed by atoms with Gasteiger partial charge in [0.05, 0.1) is 0 Å². The van der Waals surface area contributed by atoms with Crippen molar-refractivity contribution in [3.05, 3.63) is 29.8 Å². The summed E-state index contributed by atoms with van der Waals surface area (Å²) in [4.78, 5) is 0. The van der Waals surface area contributed by atoms with E-state index in [-0.39, 0.29) is 12.6 Å². The predicted molar refractivity (Wildman–Crippen MR) is 65.9 cm³/mol. The Morgan fingerprint density at radius 1 is 1.31 bits per heavy atom. The molecular formula is C13H21NO2. The van der Waals surface area contributed by atoms with Gasteiger partial charge >= 0.3 is 0 Å². The van der Waals surface area contributed by atoms with E-state index in [1.54, 1.807) is 0 Å². The van der Waals surface area contributed by atoms with Crippen molar-refractivity contribution in [2.24, 2.45) is 0 Å². The van der Waals surface area contributed by atoms with Gasteiger partial charge in [-0.2, -0.15) is 0 Å². The summed E-state index contributed by atoms with van der Waals surface area (Å²) in [6.45, 7) is 2.90. The highest BCUT2D eigenvalue weighted by atomic mass is 16.5. The first-order valence-corrected chi connectivity index (χ1v) is 5.80. The molecular weight excluding hydrogens is 202 g/mol. The molecule has 0 aliphatic carbocycles. The van der Waals surface area contributed by atoms with E-state index in [1.165, 1.54) is 5.56 Å². The second kappa shape index (κ2) is 7.25. The molecule has 90 valence electrons. The molecule has 16 heavy (non-hydrogen) atoms. The first-order chi connectivity index (χ1) is 7.80. The normalized spacial score (nSPS) is 12.4. The number of nitrogens with one attached hydrogen (secondary N) is 1. The lowest BCUT2D eigenvalue weighted by Gasteiger charge is -2.15. The summed E-state index contributed by atoms with van der Waals surface area (Å²) in [5, 5.41) is 11.9. The zero-order valence-corrected chi connectivity index (χ0v) is 10.1. The largest absolute Gasteiger partial charge is 0.492 e. The molecule has 1 aromatic carbocycles. The van der Waals surface area contributed by atoms with Crippen molar-refractivity contribution >= 4 is 0 Å². The lowest BCUT2D eigenvalue weighted by molar-refractivity contribution is 0.219. The van der Waals surface area contributed by atoms with Crippen LogP contribution in [0.2, 0.25) is 0 Å². The number of benzene rings is 1. The second-order valence-electron chi connectivity index (χ2n) is 3.81. The highest BCUT2D eigenvalue weighted by molar-refractivity contribution is 5.27. The van der Waals surface area contributed by atoms with Crippen LogP contribution in [-0.2, 0) is 6.42 Å². The highest BCUT2D eigenvalue weighted by Gasteiger charge is 2.05. The molecule has 0 heterocycles. The molecule has 0 amide bonds. The summed E-state index contributed by atoms with van der Waals surface area (Å²) >= 11 is 0. The maximum atomic E-state index is 8.84. The smallest absolute Gasteiger partial charge is 0.119 e. The van der Waals surface area contributed by atoms with Gasteiger partial charge in [0.15, 0.2) is 0 Å². The fourth-order valence-electron chi connectivity index (χ4n) is 1.49. The number of aliphatic hydroxyl groups excluding tert-OH is 1. The fourth-order valence-corrected chi connectivity index (χ4v) is 1.49.